The van der Waals surface area contributed by atoms with Crippen LogP contribution in [0.15, 0.2) is 25.6 Å². The molecule has 0 amide bonds. The van der Waals surface area contributed by atoms with Gasteiger partial charge in [-0.25, -0.2) is 0 Å². The summed E-state index contributed by atoms with van der Waals surface area (Å²) in [6.07, 6.45) is 0. The molecule has 0 bridgehead atoms. The van der Waals surface area contributed by atoms with E-state index in [1.807, 2.05) is 0 Å². The third-order valence-corrected chi connectivity index (χ3v) is 3.02. The van der Waals surface area contributed by atoms with Gasteiger partial charge in [-0.15, -0.1) is 0 Å². The molecule has 16 heavy (non-hydrogen) atoms. The van der Waals surface area contributed by atoms with Crippen molar-refractivity contribution in [3.8, 4) is 5.75 Å². The van der Waals surface area contributed by atoms with Crippen molar-refractivity contribution in [2.75, 3.05) is 6.51 Å². The van der Waals surface area contributed by atoms with Gasteiger partial charge in [-0.3, -0.25) is 0 Å². The van der Waals surface area contributed by atoms with E-state index in [2.05, 4.69) is 52.5 Å². The Labute approximate surface area is 159 Å². The first-order valence-corrected chi connectivity index (χ1v) is 6.16. The molecular formula is C7H4BBr3F3KO. The second-order valence-corrected chi connectivity index (χ2v) is 5.34. The summed E-state index contributed by atoms with van der Waals surface area (Å²) in [5.41, 5.74) is 0. The van der Waals surface area contributed by atoms with E-state index in [9.17, 15) is 12.9 Å². The quantitative estimate of drug-likeness (QED) is 0.638. The Hall–Kier alpha value is 1.95. The summed E-state index contributed by atoms with van der Waals surface area (Å²) in [6, 6.07) is 3.23. The number of ether oxygens (including phenoxy) is 1. The van der Waals surface area contributed by atoms with E-state index in [0.717, 1.165) is 4.47 Å². The molecule has 0 fully saturated rings. The van der Waals surface area contributed by atoms with E-state index in [0.29, 0.717) is 8.95 Å². The molecule has 0 saturated carbocycles. The Morgan fingerprint density at radius 1 is 1.06 bits per heavy atom. The minimum Gasteiger partial charge on any atom is -0.520 e. The van der Waals surface area contributed by atoms with Crippen molar-refractivity contribution >= 4 is 54.8 Å². The maximum Gasteiger partial charge on any atom is 1.00 e. The van der Waals surface area contributed by atoms with Gasteiger partial charge in [0.05, 0.1) is 15.5 Å². The molecule has 0 saturated heterocycles. The Balaban J connectivity index is 0.00000225. The summed E-state index contributed by atoms with van der Waals surface area (Å²) in [4.78, 5) is 0. The third-order valence-electron chi connectivity index (χ3n) is 1.38. The largest absolute Gasteiger partial charge is 1.00 e. The van der Waals surface area contributed by atoms with Gasteiger partial charge >= 0.3 is 58.4 Å². The summed E-state index contributed by atoms with van der Waals surface area (Å²) in [7, 11) is 0. The molecule has 1 aromatic carbocycles. The SMILES string of the molecule is F[B-](F)(F)COc1c(Br)cc(Br)cc1Br.[K+]. The molecule has 9 heteroatoms. The Bertz CT molecular complexity index is 351. The monoisotopic (exact) mass is 448 g/mol. The Kier molecular flexibility index (Phi) is 8.44. The second kappa shape index (κ2) is 7.52. The fourth-order valence-corrected chi connectivity index (χ4v) is 3.33. The van der Waals surface area contributed by atoms with Gasteiger partial charge in [-0.05, 0) is 44.0 Å². The fraction of sp³-hybridized carbons (Fsp3) is 0.143. The van der Waals surface area contributed by atoms with Gasteiger partial charge in [0.1, 0.15) is 5.75 Å². The first kappa shape index (κ1) is 18.0. The van der Waals surface area contributed by atoms with Crippen molar-refractivity contribution in [3.63, 3.8) is 0 Å². The van der Waals surface area contributed by atoms with Crippen LogP contribution in [0.1, 0.15) is 0 Å². The summed E-state index contributed by atoms with van der Waals surface area (Å²) in [5.74, 6) is 0.150. The van der Waals surface area contributed by atoms with Gasteiger partial charge < -0.3 is 17.7 Å². The average Bonchev–Trinajstić information content (AvgIpc) is 1.99. The molecule has 0 aliphatic heterocycles. The number of hydrogen-bond acceptors (Lipinski definition) is 1. The minimum atomic E-state index is -4.94. The van der Waals surface area contributed by atoms with Gasteiger partial charge in [0.2, 0.25) is 0 Å². The van der Waals surface area contributed by atoms with Gasteiger partial charge in [-0.2, -0.15) is 0 Å². The van der Waals surface area contributed by atoms with E-state index in [1.165, 1.54) is 0 Å². The van der Waals surface area contributed by atoms with Crippen molar-refractivity contribution in [3.05, 3.63) is 25.6 Å². The van der Waals surface area contributed by atoms with Crippen molar-refractivity contribution in [1.29, 1.82) is 0 Å². The number of halogens is 6. The van der Waals surface area contributed by atoms with Crippen molar-refractivity contribution < 1.29 is 69.1 Å². The third kappa shape index (κ3) is 6.22. The maximum atomic E-state index is 12.0. The summed E-state index contributed by atoms with van der Waals surface area (Å²) < 4.78 is 42.3. The average molecular weight is 451 g/mol. The molecule has 0 radical (unpaired) electrons. The molecule has 0 aromatic heterocycles. The Morgan fingerprint density at radius 2 is 1.50 bits per heavy atom. The first-order chi connectivity index (χ1) is 6.79. The predicted molar refractivity (Wildman–Crippen MR) is 64.1 cm³/mol. The van der Waals surface area contributed by atoms with Gasteiger partial charge in [0.15, 0.2) is 0 Å². The first-order valence-electron chi connectivity index (χ1n) is 3.78. The van der Waals surface area contributed by atoms with E-state index in [1.54, 1.807) is 12.1 Å². The molecule has 0 spiro atoms. The summed E-state index contributed by atoms with van der Waals surface area (Å²) in [6.45, 7) is -6.19. The molecule has 0 unspecified atom stereocenters. The summed E-state index contributed by atoms with van der Waals surface area (Å²) in [5, 5.41) is 0. The van der Waals surface area contributed by atoms with Crippen LogP contribution in [0, 0.1) is 0 Å². The number of rotatable bonds is 3. The molecule has 1 rings (SSSR count). The molecule has 0 heterocycles. The van der Waals surface area contributed by atoms with Crippen molar-refractivity contribution in [2.24, 2.45) is 0 Å². The van der Waals surface area contributed by atoms with E-state index in [4.69, 9.17) is 0 Å². The van der Waals surface area contributed by atoms with Crippen LogP contribution < -0.4 is 56.1 Å². The van der Waals surface area contributed by atoms with Crippen LogP contribution in [-0.2, 0) is 0 Å². The van der Waals surface area contributed by atoms with Gasteiger partial charge in [0, 0.05) is 4.47 Å². The van der Waals surface area contributed by atoms with Crippen LogP contribution >= 0.6 is 47.8 Å². The zero-order chi connectivity index (χ0) is 11.6. The second-order valence-electron chi connectivity index (χ2n) is 2.72. The molecule has 0 aliphatic carbocycles. The molecule has 1 nitrogen and oxygen atoms in total. The van der Waals surface area contributed by atoms with Crippen molar-refractivity contribution in [2.45, 2.75) is 0 Å². The normalized spacial score (nSPS) is 10.9. The van der Waals surface area contributed by atoms with Gasteiger partial charge in [-0.1, -0.05) is 15.9 Å². The van der Waals surface area contributed by atoms with Crippen LogP contribution in [0.5, 0.6) is 5.75 Å². The van der Waals surface area contributed by atoms with Gasteiger partial charge in [0.25, 0.3) is 0 Å². The molecule has 84 valence electrons. The zero-order valence-electron chi connectivity index (χ0n) is 8.12. The van der Waals surface area contributed by atoms with Crippen LogP contribution in [0.2, 0.25) is 0 Å². The molecule has 1 aromatic rings. The zero-order valence-corrected chi connectivity index (χ0v) is 16.0. The topological polar surface area (TPSA) is 9.23 Å². The smallest absolute Gasteiger partial charge is 0.520 e. The van der Waals surface area contributed by atoms with Crippen LogP contribution in [0.4, 0.5) is 12.9 Å². The standard InChI is InChI=1S/C7H4BBr3F3O.K/c9-4-1-5(10)7(6(11)2-4)15-3-8(12,13)14;/h1-2H,3H2;/q-1;+1. The number of benzene rings is 1. The number of hydrogen-bond donors (Lipinski definition) is 0. The summed E-state index contributed by atoms with van der Waals surface area (Å²) >= 11 is 9.44. The van der Waals surface area contributed by atoms with Crippen LogP contribution in [0.3, 0.4) is 0 Å². The van der Waals surface area contributed by atoms with Crippen molar-refractivity contribution in [1.82, 2.24) is 0 Å². The minimum absolute atomic E-state index is 0. The van der Waals surface area contributed by atoms with E-state index in [-0.39, 0.29) is 57.1 Å². The van der Waals surface area contributed by atoms with Crippen LogP contribution in [0.25, 0.3) is 0 Å². The molecular weight excluding hydrogens is 447 g/mol. The molecule has 0 atom stereocenters. The molecule has 0 N–H and O–H groups in total. The molecule has 0 aliphatic rings. The fourth-order valence-electron chi connectivity index (χ4n) is 0.845. The van der Waals surface area contributed by atoms with Crippen LogP contribution in [-0.4, -0.2) is 13.5 Å². The predicted octanol–water partition coefficient (Wildman–Crippen LogP) is 1.74. The maximum absolute atomic E-state index is 12.0. The Morgan fingerprint density at radius 3 is 1.88 bits per heavy atom. The van der Waals surface area contributed by atoms with E-state index < -0.39 is 13.5 Å². The van der Waals surface area contributed by atoms with E-state index >= 15 is 0 Å².